The first kappa shape index (κ1) is 14.5. The molecule has 1 unspecified atom stereocenters. The predicted octanol–water partition coefficient (Wildman–Crippen LogP) is 2.08. The van der Waals surface area contributed by atoms with Crippen molar-refractivity contribution in [1.82, 2.24) is 5.32 Å². The molecule has 0 aliphatic rings. The highest BCUT2D eigenvalue weighted by molar-refractivity contribution is 5.71. The van der Waals surface area contributed by atoms with Crippen LogP contribution in [0.4, 0.5) is 0 Å². The lowest BCUT2D eigenvalue weighted by molar-refractivity contribution is -0.142. The molecule has 18 heavy (non-hydrogen) atoms. The van der Waals surface area contributed by atoms with Crippen molar-refractivity contribution in [3.8, 4) is 5.75 Å². The number of benzene rings is 1. The molecule has 1 rings (SSSR count). The number of nitrogens with one attached hydrogen (secondary N) is 1. The number of hydrogen-bond acceptors (Lipinski definition) is 4. The normalized spacial score (nSPS) is 13.8. The molecule has 1 atom stereocenters. The van der Waals surface area contributed by atoms with Gasteiger partial charge in [-0.3, -0.25) is 4.79 Å². The molecule has 0 spiro atoms. The maximum atomic E-state index is 11.4. The van der Waals surface area contributed by atoms with E-state index in [0.717, 1.165) is 11.3 Å². The van der Waals surface area contributed by atoms with Crippen molar-refractivity contribution in [2.45, 2.75) is 25.8 Å². The second-order valence-electron chi connectivity index (χ2n) is 4.29. The van der Waals surface area contributed by atoms with Gasteiger partial charge in [0, 0.05) is 0 Å². The Bertz CT molecular complexity index is 389. The van der Waals surface area contributed by atoms with E-state index in [9.17, 15) is 4.79 Å². The van der Waals surface area contributed by atoms with Gasteiger partial charge in [-0.15, -0.1) is 0 Å². The lowest BCUT2D eigenvalue weighted by atomic mass is 9.89. The van der Waals surface area contributed by atoms with Crippen LogP contribution < -0.4 is 10.1 Å². The third-order valence-electron chi connectivity index (χ3n) is 3.08. The SMILES string of the molecule is CCOc1ccc(C(C)(CC(=O)OC)NC)cc1. The number of ether oxygens (including phenoxy) is 2. The van der Waals surface area contributed by atoms with Crippen LogP contribution in [0.5, 0.6) is 5.75 Å². The Labute approximate surface area is 108 Å². The highest BCUT2D eigenvalue weighted by atomic mass is 16.5. The Hall–Kier alpha value is -1.55. The topological polar surface area (TPSA) is 47.6 Å². The molecular weight excluding hydrogens is 230 g/mol. The van der Waals surface area contributed by atoms with E-state index < -0.39 is 5.54 Å². The third-order valence-corrected chi connectivity index (χ3v) is 3.08. The summed E-state index contributed by atoms with van der Waals surface area (Å²) in [5.74, 6) is 0.596. The summed E-state index contributed by atoms with van der Waals surface area (Å²) in [5.41, 5.74) is 0.594. The summed E-state index contributed by atoms with van der Waals surface area (Å²) in [4.78, 5) is 11.4. The highest BCUT2D eigenvalue weighted by Gasteiger charge is 2.28. The molecule has 4 heteroatoms. The van der Waals surface area contributed by atoms with E-state index in [4.69, 9.17) is 9.47 Å². The number of hydrogen-bond donors (Lipinski definition) is 1. The van der Waals surface area contributed by atoms with Gasteiger partial charge in [0.15, 0.2) is 0 Å². The molecule has 0 fully saturated rings. The Morgan fingerprint density at radius 2 is 1.94 bits per heavy atom. The van der Waals surface area contributed by atoms with Gasteiger partial charge in [-0.1, -0.05) is 12.1 Å². The molecule has 0 heterocycles. The molecular formula is C14H21NO3. The monoisotopic (exact) mass is 251 g/mol. The number of esters is 1. The standard InChI is InChI=1S/C14H21NO3/c1-5-18-12-8-6-11(7-9-12)14(2,15-3)10-13(16)17-4/h6-9,15H,5,10H2,1-4H3. The second-order valence-corrected chi connectivity index (χ2v) is 4.29. The summed E-state index contributed by atoms with van der Waals surface area (Å²) in [7, 11) is 3.23. The largest absolute Gasteiger partial charge is 0.494 e. The molecule has 1 aromatic rings. The van der Waals surface area contributed by atoms with E-state index in [2.05, 4.69) is 5.32 Å². The maximum absolute atomic E-state index is 11.4. The zero-order valence-electron chi connectivity index (χ0n) is 11.4. The Morgan fingerprint density at radius 3 is 2.39 bits per heavy atom. The second kappa shape index (κ2) is 6.40. The van der Waals surface area contributed by atoms with Gasteiger partial charge in [0.25, 0.3) is 0 Å². The molecule has 0 bridgehead atoms. The van der Waals surface area contributed by atoms with Gasteiger partial charge >= 0.3 is 5.97 Å². The van der Waals surface area contributed by atoms with Crippen molar-refractivity contribution in [3.05, 3.63) is 29.8 Å². The molecule has 1 N–H and O–H groups in total. The van der Waals surface area contributed by atoms with Crippen LogP contribution in [-0.4, -0.2) is 26.7 Å². The van der Waals surface area contributed by atoms with Gasteiger partial charge in [0.2, 0.25) is 0 Å². The van der Waals surface area contributed by atoms with Crippen LogP contribution in [0.25, 0.3) is 0 Å². The van der Waals surface area contributed by atoms with Gasteiger partial charge in [-0.2, -0.15) is 0 Å². The minimum atomic E-state index is -0.433. The molecule has 0 aliphatic heterocycles. The van der Waals surface area contributed by atoms with Crippen LogP contribution in [0.1, 0.15) is 25.8 Å². The van der Waals surface area contributed by atoms with Crippen molar-refractivity contribution >= 4 is 5.97 Å². The van der Waals surface area contributed by atoms with Crippen molar-refractivity contribution in [2.24, 2.45) is 0 Å². The van der Waals surface area contributed by atoms with Crippen LogP contribution in [0.3, 0.4) is 0 Å². The van der Waals surface area contributed by atoms with E-state index in [0.29, 0.717) is 6.61 Å². The molecule has 0 radical (unpaired) electrons. The van der Waals surface area contributed by atoms with Crippen LogP contribution >= 0.6 is 0 Å². The zero-order valence-corrected chi connectivity index (χ0v) is 11.4. The Balaban J connectivity index is 2.90. The number of methoxy groups -OCH3 is 1. The van der Waals surface area contributed by atoms with E-state index in [1.807, 2.05) is 45.2 Å². The minimum Gasteiger partial charge on any atom is -0.494 e. The van der Waals surface area contributed by atoms with Crippen molar-refractivity contribution in [3.63, 3.8) is 0 Å². The Kier molecular flexibility index (Phi) is 5.16. The predicted molar refractivity (Wildman–Crippen MR) is 70.7 cm³/mol. The van der Waals surface area contributed by atoms with Crippen molar-refractivity contribution in [2.75, 3.05) is 20.8 Å². The first-order chi connectivity index (χ1) is 8.55. The summed E-state index contributed by atoms with van der Waals surface area (Å²) in [6, 6.07) is 7.74. The van der Waals surface area contributed by atoms with Crippen LogP contribution in [0.2, 0.25) is 0 Å². The fourth-order valence-electron chi connectivity index (χ4n) is 1.78. The zero-order chi connectivity index (χ0) is 13.6. The van der Waals surface area contributed by atoms with E-state index >= 15 is 0 Å². The average Bonchev–Trinajstić information content (AvgIpc) is 2.39. The van der Waals surface area contributed by atoms with Crippen LogP contribution in [0, 0.1) is 0 Å². The molecule has 0 saturated carbocycles. The summed E-state index contributed by atoms with van der Waals surface area (Å²) < 4.78 is 10.1. The van der Waals surface area contributed by atoms with E-state index in [1.54, 1.807) is 0 Å². The van der Waals surface area contributed by atoms with Crippen LogP contribution in [-0.2, 0) is 15.1 Å². The fourth-order valence-corrected chi connectivity index (χ4v) is 1.78. The summed E-state index contributed by atoms with van der Waals surface area (Å²) >= 11 is 0. The first-order valence-corrected chi connectivity index (χ1v) is 6.04. The fraction of sp³-hybridized carbons (Fsp3) is 0.500. The molecule has 0 aliphatic carbocycles. The summed E-state index contributed by atoms with van der Waals surface area (Å²) in [6.45, 7) is 4.56. The van der Waals surface area contributed by atoms with Gasteiger partial charge in [-0.25, -0.2) is 0 Å². The maximum Gasteiger partial charge on any atom is 0.307 e. The molecule has 0 saturated heterocycles. The van der Waals surface area contributed by atoms with Gasteiger partial charge < -0.3 is 14.8 Å². The highest BCUT2D eigenvalue weighted by Crippen LogP contribution is 2.26. The quantitative estimate of drug-likeness (QED) is 0.786. The lowest BCUT2D eigenvalue weighted by Gasteiger charge is -2.28. The molecule has 0 aromatic heterocycles. The smallest absolute Gasteiger partial charge is 0.307 e. The number of carbonyl (C=O) groups excluding carboxylic acids is 1. The average molecular weight is 251 g/mol. The molecule has 1 aromatic carbocycles. The third kappa shape index (κ3) is 3.47. The molecule has 4 nitrogen and oxygen atoms in total. The van der Waals surface area contributed by atoms with Gasteiger partial charge in [-0.05, 0) is 38.6 Å². The molecule has 0 amide bonds. The summed E-state index contributed by atoms with van der Waals surface area (Å²) in [6.07, 6.45) is 0.286. The summed E-state index contributed by atoms with van der Waals surface area (Å²) in [5, 5.41) is 3.17. The van der Waals surface area contributed by atoms with Crippen LogP contribution in [0.15, 0.2) is 24.3 Å². The van der Waals surface area contributed by atoms with Gasteiger partial charge in [0.1, 0.15) is 5.75 Å². The van der Waals surface area contributed by atoms with Crippen molar-refractivity contribution in [1.29, 1.82) is 0 Å². The first-order valence-electron chi connectivity index (χ1n) is 6.04. The lowest BCUT2D eigenvalue weighted by Crippen LogP contribution is -2.39. The number of rotatable bonds is 6. The number of carbonyl (C=O) groups is 1. The van der Waals surface area contributed by atoms with Gasteiger partial charge in [0.05, 0.1) is 25.7 Å². The van der Waals surface area contributed by atoms with E-state index in [-0.39, 0.29) is 12.4 Å². The van der Waals surface area contributed by atoms with E-state index in [1.165, 1.54) is 7.11 Å². The minimum absolute atomic E-state index is 0.235. The molecule has 100 valence electrons. The van der Waals surface area contributed by atoms with Crippen molar-refractivity contribution < 1.29 is 14.3 Å². The Morgan fingerprint density at radius 1 is 1.33 bits per heavy atom.